The Balaban J connectivity index is 0.862. The highest BCUT2D eigenvalue weighted by molar-refractivity contribution is 5.83. The van der Waals surface area contributed by atoms with Gasteiger partial charge in [0.25, 0.3) is 0 Å². The molecule has 0 heterocycles. The molecule has 0 spiro atoms. The number of hydrogen-bond acceptors (Lipinski definition) is 0. The third kappa shape index (κ3) is 6.17. The highest BCUT2D eigenvalue weighted by Gasteiger charge is 2.38. The van der Waals surface area contributed by atoms with E-state index >= 15 is 0 Å². The van der Waals surface area contributed by atoms with Gasteiger partial charge in [-0.3, -0.25) is 0 Å². The van der Waals surface area contributed by atoms with Crippen LogP contribution in [0.5, 0.6) is 0 Å². The molecule has 0 fully saturated rings. The summed E-state index contributed by atoms with van der Waals surface area (Å²) in [6.45, 7) is 21.1. The minimum atomic E-state index is -0.132. The Labute approximate surface area is 359 Å². The molecule has 0 saturated carbocycles. The summed E-state index contributed by atoms with van der Waals surface area (Å²) in [5.41, 5.74) is 26.1. The zero-order valence-corrected chi connectivity index (χ0v) is 37.0. The number of rotatable bonds is 7. The Morgan fingerprint density at radius 3 is 1.75 bits per heavy atom. The van der Waals surface area contributed by atoms with Crippen LogP contribution in [0.3, 0.4) is 0 Å². The van der Waals surface area contributed by atoms with E-state index in [0.29, 0.717) is 11.8 Å². The zero-order valence-electron chi connectivity index (χ0n) is 37.0. The van der Waals surface area contributed by atoms with Gasteiger partial charge in [0, 0.05) is 16.7 Å². The van der Waals surface area contributed by atoms with Crippen LogP contribution in [0.25, 0.3) is 50.6 Å². The lowest BCUT2D eigenvalue weighted by molar-refractivity contribution is 0.513. The summed E-state index contributed by atoms with van der Waals surface area (Å²) in [6.07, 6.45) is 14.2. The van der Waals surface area contributed by atoms with Gasteiger partial charge in [-0.1, -0.05) is 214 Å². The average Bonchev–Trinajstić information content (AvgIpc) is 3.49. The number of benzene rings is 6. The highest BCUT2D eigenvalue weighted by Crippen LogP contribution is 2.52. The molecule has 0 aliphatic heterocycles. The molecule has 6 aromatic carbocycles. The molecule has 60 heavy (non-hydrogen) atoms. The van der Waals surface area contributed by atoms with Crippen LogP contribution < -0.4 is 0 Å². The maximum absolute atomic E-state index is 2.49. The predicted molar refractivity (Wildman–Crippen MR) is 257 cm³/mol. The van der Waals surface area contributed by atoms with Crippen molar-refractivity contribution in [3.8, 4) is 44.5 Å². The third-order valence-corrected chi connectivity index (χ3v) is 14.8. The van der Waals surface area contributed by atoms with E-state index in [9.17, 15) is 0 Å². The number of hydrogen-bond donors (Lipinski definition) is 0. The Kier molecular flexibility index (Phi) is 8.93. The van der Waals surface area contributed by atoms with E-state index in [1.807, 2.05) is 0 Å². The van der Waals surface area contributed by atoms with Crippen molar-refractivity contribution in [2.45, 2.75) is 97.8 Å². The fourth-order valence-corrected chi connectivity index (χ4v) is 10.5. The average molecular weight is 779 g/mol. The summed E-state index contributed by atoms with van der Waals surface area (Å²) in [7, 11) is 0. The summed E-state index contributed by atoms with van der Waals surface area (Å²) in [4.78, 5) is 0. The fraction of sp³-hybridized carbons (Fsp3) is 0.267. The molecule has 0 radical (unpaired) electrons. The molecule has 4 aliphatic rings. The van der Waals surface area contributed by atoms with E-state index in [1.165, 1.54) is 106 Å². The second-order valence-corrected chi connectivity index (χ2v) is 20.1. The minimum absolute atomic E-state index is 0.0253. The van der Waals surface area contributed by atoms with Crippen LogP contribution in [0.15, 0.2) is 162 Å². The minimum Gasteiger partial charge on any atom is -0.0759 e. The van der Waals surface area contributed by atoms with Gasteiger partial charge in [-0.15, -0.1) is 0 Å². The van der Waals surface area contributed by atoms with E-state index in [0.717, 1.165) is 12.8 Å². The smallest absolute Gasteiger partial charge is 0.0346 e. The molecule has 6 aromatic rings. The van der Waals surface area contributed by atoms with Crippen molar-refractivity contribution < 1.29 is 0 Å². The van der Waals surface area contributed by atoms with Crippen LogP contribution >= 0.6 is 0 Å². The van der Waals surface area contributed by atoms with Crippen molar-refractivity contribution in [3.63, 3.8) is 0 Å². The molecule has 0 bridgehead atoms. The molecule has 2 unspecified atom stereocenters. The SMILES string of the molecule is CCC(C)c1ccc2c(c1)C(C)(C)c1cc(C(C)(C)c3ccc(-c4ccc(-c5ccc(-c6ccc7c8c6CC=C6C=C(C(C)(C)C)C=C(C=C7)C68)cc5)cc4)cc3)ccc1-2. The van der Waals surface area contributed by atoms with E-state index < -0.39 is 0 Å². The quantitative estimate of drug-likeness (QED) is 0.151. The van der Waals surface area contributed by atoms with Crippen LogP contribution in [0, 0.1) is 5.41 Å². The van der Waals surface area contributed by atoms with Gasteiger partial charge in [-0.2, -0.15) is 0 Å². The molecule has 0 amide bonds. The van der Waals surface area contributed by atoms with Gasteiger partial charge >= 0.3 is 0 Å². The van der Waals surface area contributed by atoms with Crippen molar-refractivity contribution in [1.82, 2.24) is 0 Å². The first-order chi connectivity index (χ1) is 28.7. The second kappa shape index (κ2) is 13.9. The third-order valence-electron chi connectivity index (χ3n) is 14.8. The van der Waals surface area contributed by atoms with Gasteiger partial charge in [-0.25, -0.2) is 0 Å². The summed E-state index contributed by atoms with van der Waals surface area (Å²) in [6, 6.07) is 46.7. The molecule has 0 saturated heterocycles. The fourth-order valence-electron chi connectivity index (χ4n) is 10.5. The Bertz CT molecular complexity index is 2820. The molecule has 10 rings (SSSR count). The van der Waals surface area contributed by atoms with Crippen molar-refractivity contribution >= 4 is 6.08 Å². The van der Waals surface area contributed by atoms with Crippen LogP contribution in [0.1, 0.15) is 125 Å². The van der Waals surface area contributed by atoms with E-state index in [1.54, 1.807) is 0 Å². The zero-order chi connectivity index (χ0) is 41.7. The van der Waals surface area contributed by atoms with Crippen LogP contribution in [0.4, 0.5) is 0 Å². The first-order valence-electron chi connectivity index (χ1n) is 22.3. The molecule has 4 aliphatic carbocycles. The predicted octanol–water partition coefficient (Wildman–Crippen LogP) is 16.3. The molecular weight excluding hydrogens is 721 g/mol. The molecule has 0 aromatic heterocycles. The van der Waals surface area contributed by atoms with Gasteiger partial charge < -0.3 is 0 Å². The molecule has 0 N–H and O–H groups in total. The normalized spacial score (nSPS) is 17.6. The van der Waals surface area contributed by atoms with E-state index in [2.05, 4.69) is 214 Å². The maximum Gasteiger partial charge on any atom is 0.0346 e. The van der Waals surface area contributed by atoms with E-state index in [-0.39, 0.29) is 16.2 Å². The first-order valence-corrected chi connectivity index (χ1v) is 22.3. The molecule has 2 atom stereocenters. The van der Waals surface area contributed by atoms with Gasteiger partial charge in [0.2, 0.25) is 0 Å². The Morgan fingerprint density at radius 2 is 1.13 bits per heavy atom. The van der Waals surface area contributed by atoms with Crippen LogP contribution in [-0.4, -0.2) is 0 Å². The van der Waals surface area contributed by atoms with Crippen molar-refractivity contribution in [2.24, 2.45) is 5.41 Å². The lowest BCUT2D eigenvalue weighted by atomic mass is 9.67. The second-order valence-electron chi connectivity index (χ2n) is 20.1. The van der Waals surface area contributed by atoms with Gasteiger partial charge in [0.05, 0.1) is 0 Å². The summed E-state index contributed by atoms with van der Waals surface area (Å²) in [5.74, 6) is 0.921. The standard InChI is InChI=1S/C60H58/c1-10-37(2)44-24-30-51-52-32-28-48(36-55(52)60(8,9)54(51)35-44)59(6,7)47-26-21-41(22-27-47)39-13-11-38(12-14-39)40-15-17-42(18-16-40)50-29-23-43-19-20-45-33-49(58(3,4)5)34-46-25-31-53(50)57(43)56(45)46/h11-30,32-37,56H,10,31H2,1-9H3. The van der Waals surface area contributed by atoms with Gasteiger partial charge in [0.15, 0.2) is 0 Å². The topological polar surface area (TPSA) is 0 Å². The summed E-state index contributed by atoms with van der Waals surface area (Å²) in [5, 5.41) is 0. The molecular formula is C60H58. The number of fused-ring (bicyclic) bond motifs is 3. The largest absolute Gasteiger partial charge is 0.0759 e. The van der Waals surface area contributed by atoms with Crippen LogP contribution in [0.2, 0.25) is 0 Å². The van der Waals surface area contributed by atoms with Gasteiger partial charge in [0.1, 0.15) is 0 Å². The van der Waals surface area contributed by atoms with Crippen molar-refractivity contribution in [1.29, 1.82) is 0 Å². The van der Waals surface area contributed by atoms with Crippen molar-refractivity contribution in [3.05, 3.63) is 207 Å². The lowest BCUT2D eigenvalue weighted by Crippen LogP contribution is -2.21. The van der Waals surface area contributed by atoms with E-state index in [4.69, 9.17) is 0 Å². The van der Waals surface area contributed by atoms with Crippen molar-refractivity contribution in [2.75, 3.05) is 0 Å². The maximum atomic E-state index is 2.49. The Morgan fingerprint density at radius 1 is 0.583 bits per heavy atom. The monoisotopic (exact) mass is 778 g/mol. The molecule has 0 nitrogen and oxygen atoms in total. The summed E-state index contributed by atoms with van der Waals surface area (Å²) < 4.78 is 0. The lowest BCUT2D eigenvalue weighted by Gasteiger charge is -2.37. The van der Waals surface area contributed by atoms with Gasteiger partial charge in [-0.05, 0) is 130 Å². The summed E-state index contributed by atoms with van der Waals surface area (Å²) >= 11 is 0. The molecule has 298 valence electrons. The highest BCUT2D eigenvalue weighted by atomic mass is 14.4. The first kappa shape index (κ1) is 38.5. The Hall–Kier alpha value is -5.72. The molecule has 0 heteroatoms. The number of allylic oxidation sites excluding steroid dienone is 7. The van der Waals surface area contributed by atoms with Crippen LogP contribution in [-0.2, 0) is 17.3 Å².